The fourth-order valence-corrected chi connectivity index (χ4v) is 3.51. The lowest BCUT2D eigenvalue weighted by Crippen LogP contribution is -2.33. The van der Waals surface area contributed by atoms with E-state index in [0.717, 1.165) is 13.1 Å². The average Bonchev–Trinajstić information content (AvgIpc) is 2.75. The van der Waals surface area contributed by atoms with Crippen LogP contribution in [0, 0.1) is 0 Å². The van der Waals surface area contributed by atoms with E-state index in [4.69, 9.17) is 11.6 Å². The van der Waals surface area contributed by atoms with Crippen molar-refractivity contribution in [2.45, 2.75) is 19.9 Å². The number of anilines is 1. The van der Waals surface area contributed by atoms with Crippen molar-refractivity contribution in [1.82, 2.24) is 14.7 Å². The maximum atomic E-state index is 12.7. The Labute approximate surface area is 170 Å². The number of hydrogen-bond donors (Lipinski definition) is 1. The maximum Gasteiger partial charge on any atom is 0.292 e. The fourth-order valence-electron chi connectivity index (χ4n) is 3.31. The molecule has 2 aromatic carbocycles. The van der Waals surface area contributed by atoms with Crippen molar-refractivity contribution >= 4 is 17.3 Å². The van der Waals surface area contributed by atoms with Crippen LogP contribution in [0.2, 0.25) is 5.02 Å². The molecule has 0 bridgehead atoms. The van der Waals surface area contributed by atoms with Crippen molar-refractivity contribution in [1.29, 1.82) is 0 Å². The number of rotatable bonds is 8. The van der Waals surface area contributed by atoms with Crippen LogP contribution in [0.1, 0.15) is 25.5 Å². The van der Waals surface area contributed by atoms with Gasteiger partial charge in [-0.25, -0.2) is 0 Å². The molecular formula is C22H25ClN4O. The highest BCUT2D eigenvalue weighted by Crippen LogP contribution is 2.23. The molecule has 1 aromatic heterocycles. The molecule has 0 saturated carbocycles. The molecular weight excluding hydrogens is 372 g/mol. The quantitative estimate of drug-likeness (QED) is 0.613. The third-order valence-electron chi connectivity index (χ3n) is 4.84. The molecule has 0 aliphatic rings. The number of halogens is 1. The minimum absolute atomic E-state index is 0.144. The maximum absolute atomic E-state index is 12.7. The first kappa shape index (κ1) is 20.1. The molecule has 5 nitrogen and oxygen atoms in total. The van der Waals surface area contributed by atoms with E-state index in [9.17, 15) is 4.79 Å². The van der Waals surface area contributed by atoms with E-state index in [1.165, 1.54) is 10.2 Å². The van der Waals surface area contributed by atoms with E-state index in [1.54, 1.807) is 6.20 Å². The molecule has 0 spiro atoms. The molecule has 3 aromatic rings. The number of nitrogens with one attached hydrogen (secondary N) is 1. The van der Waals surface area contributed by atoms with Crippen LogP contribution >= 0.6 is 11.6 Å². The second-order valence-corrected chi connectivity index (χ2v) is 6.83. The highest BCUT2D eigenvalue weighted by Gasteiger charge is 2.19. The van der Waals surface area contributed by atoms with E-state index in [1.807, 2.05) is 48.5 Å². The Bertz CT molecular complexity index is 940. The summed E-state index contributed by atoms with van der Waals surface area (Å²) >= 11 is 6.38. The Kier molecular flexibility index (Phi) is 6.85. The van der Waals surface area contributed by atoms with Crippen molar-refractivity contribution in [2.24, 2.45) is 0 Å². The fraction of sp³-hybridized carbons (Fsp3) is 0.273. The van der Waals surface area contributed by atoms with Gasteiger partial charge in [0.1, 0.15) is 5.02 Å². The summed E-state index contributed by atoms with van der Waals surface area (Å²) < 4.78 is 1.31. The number of aromatic nitrogens is 2. The summed E-state index contributed by atoms with van der Waals surface area (Å²) in [5, 5.41) is 7.76. The molecule has 1 atom stereocenters. The van der Waals surface area contributed by atoms with Gasteiger partial charge in [0.15, 0.2) is 0 Å². The van der Waals surface area contributed by atoms with Crippen molar-refractivity contribution in [3.8, 4) is 5.69 Å². The zero-order valence-electron chi connectivity index (χ0n) is 16.2. The van der Waals surface area contributed by atoms with Crippen molar-refractivity contribution < 1.29 is 0 Å². The van der Waals surface area contributed by atoms with Gasteiger partial charge < -0.3 is 5.32 Å². The van der Waals surface area contributed by atoms with Gasteiger partial charge in [0.25, 0.3) is 5.56 Å². The molecule has 0 saturated heterocycles. The molecule has 0 aliphatic heterocycles. The first-order valence-electron chi connectivity index (χ1n) is 9.51. The molecule has 1 heterocycles. The Balaban J connectivity index is 1.84. The first-order valence-corrected chi connectivity index (χ1v) is 9.89. The van der Waals surface area contributed by atoms with Crippen LogP contribution in [0.5, 0.6) is 0 Å². The van der Waals surface area contributed by atoms with Gasteiger partial charge in [0.05, 0.1) is 23.6 Å². The summed E-state index contributed by atoms with van der Waals surface area (Å²) in [4.78, 5) is 15.0. The molecule has 1 N–H and O–H groups in total. The van der Waals surface area contributed by atoms with Gasteiger partial charge in [-0.2, -0.15) is 9.78 Å². The summed E-state index contributed by atoms with van der Waals surface area (Å²) in [6.07, 6.45) is 1.61. The minimum Gasteiger partial charge on any atom is -0.380 e. The third-order valence-corrected chi connectivity index (χ3v) is 5.21. The van der Waals surface area contributed by atoms with Crippen molar-refractivity contribution in [3.05, 3.63) is 87.8 Å². The van der Waals surface area contributed by atoms with Crippen LogP contribution in [0.15, 0.2) is 71.7 Å². The lowest BCUT2D eigenvalue weighted by molar-refractivity contribution is 0.228. The van der Waals surface area contributed by atoms with Gasteiger partial charge in [-0.05, 0) is 30.8 Å². The lowest BCUT2D eigenvalue weighted by Gasteiger charge is -2.30. The number of nitrogens with zero attached hydrogens (tertiary/aromatic N) is 3. The molecule has 146 valence electrons. The molecule has 1 unspecified atom stereocenters. The standard InChI is InChI=1S/C22H25ClN4O/c1-3-26(4-2)20(17-11-7-5-8-12-17)16-24-19-15-25-27(22(28)21(19)23)18-13-9-6-10-14-18/h5-15,20,24H,3-4,16H2,1-2H3. The van der Waals surface area contributed by atoms with Gasteiger partial charge in [-0.3, -0.25) is 9.69 Å². The second kappa shape index (κ2) is 9.53. The van der Waals surface area contributed by atoms with Crippen LogP contribution in [-0.4, -0.2) is 34.3 Å². The normalized spacial score (nSPS) is 12.1. The van der Waals surface area contributed by atoms with E-state index in [0.29, 0.717) is 17.9 Å². The van der Waals surface area contributed by atoms with Crippen LogP contribution in [0.4, 0.5) is 5.69 Å². The van der Waals surface area contributed by atoms with Crippen molar-refractivity contribution in [3.63, 3.8) is 0 Å². The summed E-state index contributed by atoms with van der Waals surface area (Å²) in [7, 11) is 0. The van der Waals surface area contributed by atoms with Crippen LogP contribution in [0.3, 0.4) is 0 Å². The van der Waals surface area contributed by atoms with Gasteiger partial charge in [0, 0.05) is 6.54 Å². The summed E-state index contributed by atoms with van der Waals surface area (Å²) in [5.41, 5.74) is 2.12. The molecule has 28 heavy (non-hydrogen) atoms. The van der Waals surface area contributed by atoms with Gasteiger partial charge in [-0.15, -0.1) is 0 Å². The molecule has 0 fully saturated rings. The number of para-hydroxylation sites is 1. The summed E-state index contributed by atoms with van der Waals surface area (Å²) in [5.74, 6) is 0. The van der Waals surface area contributed by atoms with Crippen LogP contribution in [-0.2, 0) is 0 Å². The molecule has 0 radical (unpaired) electrons. The van der Waals surface area contributed by atoms with E-state index in [2.05, 4.69) is 41.3 Å². The Hall–Kier alpha value is -2.63. The van der Waals surface area contributed by atoms with E-state index >= 15 is 0 Å². The monoisotopic (exact) mass is 396 g/mol. The number of likely N-dealkylation sites (N-methyl/N-ethyl adjacent to an activating group) is 1. The summed E-state index contributed by atoms with van der Waals surface area (Å²) in [6, 6.07) is 19.8. The molecule has 0 amide bonds. The number of benzene rings is 2. The highest BCUT2D eigenvalue weighted by atomic mass is 35.5. The van der Waals surface area contributed by atoms with E-state index in [-0.39, 0.29) is 16.6 Å². The Morgan fingerprint density at radius 2 is 1.64 bits per heavy atom. The lowest BCUT2D eigenvalue weighted by atomic mass is 10.1. The van der Waals surface area contributed by atoms with Crippen LogP contribution < -0.4 is 10.9 Å². The zero-order chi connectivity index (χ0) is 19.9. The van der Waals surface area contributed by atoms with Crippen LogP contribution in [0.25, 0.3) is 5.69 Å². The molecule has 6 heteroatoms. The first-order chi connectivity index (χ1) is 13.7. The van der Waals surface area contributed by atoms with E-state index < -0.39 is 0 Å². The largest absolute Gasteiger partial charge is 0.380 e. The van der Waals surface area contributed by atoms with Gasteiger partial charge in [-0.1, -0.05) is 74.0 Å². The SMILES string of the molecule is CCN(CC)C(CNc1cnn(-c2ccccc2)c(=O)c1Cl)c1ccccc1. The Morgan fingerprint density at radius 1 is 1.04 bits per heavy atom. The average molecular weight is 397 g/mol. The smallest absolute Gasteiger partial charge is 0.292 e. The predicted octanol–water partition coefficient (Wildman–Crippen LogP) is 4.38. The Morgan fingerprint density at radius 3 is 2.25 bits per heavy atom. The van der Waals surface area contributed by atoms with Gasteiger partial charge >= 0.3 is 0 Å². The minimum atomic E-state index is -0.336. The molecule has 0 aliphatic carbocycles. The zero-order valence-corrected chi connectivity index (χ0v) is 16.9. The topological polar surface area (TPSA) is 50.2 Å². The second-order valence-electron chi connectivity index (χ2n) is 6.45. The summed E-state index contributed by atoms with van der Waals surface area (Å²) in [6.45, 7) is 6.78. The van der Waals surface area contributed by atoms with Crippen molar-refractivity contribution in [2.75, 3.05) is 25.0 Å². The van der Waals surface area contributed by atoms with Gasteiger partial charge in [0.2, 0.25) is 0 Å². The predicted molar refractivity (Wildman–Crippen MR) is 115 cm³/mol. The molecule has 3 rings (SSSR count). The third kappa shape index (κ3) is 4.43. The number of hydrogen-bond acceptors (Lipinski definition) is 4. The highest BCUT2D eigenvalue weighted by molar-refractivity contribution is 6.32.